The minimum absolute atomic E-state index is 1.04. The van der Waals surface area contributed by atoms with Crippen LogP contribution in [0.2, 0.25) is 0 Å². The topological polar surface area (TPSA) is 67.4 Å². The Bertz CT molecular complexity index is 558. The maximum Gasteiger partial charge on any atom is 0.267 e. The Hall–Kier alpha value is -0.680. The van der Waals surface area contributed by atoms with Crippen LogP contribution >= 0.6 is 7.82 Å². The van der Waals surface area contributed by atoms with Crippen LogP contribution in [-0.4, -0.2) is 18.8 Å². The summed E-state index contributed by atoms with van der Waals surface area (Å²) in [5, 5.41) is 0. The van der Waals surface area contributed by atoms with Crippen LogP contribution in [0.3, 0.4) is 0 Å². The van der Waals surface area contributed by atoms with Gasteiger partial charge in [0.1, 0.15) is 12.4 Å². The number of phosphoric acid groups is 1. The molecular weight excluding hydrogens is 423 g/mol. The Kier molecular flexibility index (Phi) is 21.7. The fourth-order valence-corrected chi connectivity index (χ4v) is 3.76. The Labute approximate surface area is 198 Å². The smallest absolute Gasteiger partial charge is 0.267 e. The van der Waals surface area contributed by atoms with Crippen LogP contribution in [0.5, 0.6) is 0 Å². The average Bonchev–Trinajstić information content (AvgIpc) is 3.26. The van der Waals surface area contributed by atoms with Crippen molar-refractivity contribution in [3.05, 3.63) is 18.7 Å². The molecule has 0 atom stereocenters. The number of hydrogen-bond donors (Lipinski definition) is 0. The molecule has 7 heteroatoms. The van der Waals surface area contributed by atoms with Crippen LogP contribution in [0.25, 0.3) is 0 Å². The lowest BCUT2D eigenvalue weighted by Crippen LogP contribution is -2.30. The summed E-state index contributed by atoms with van der Waals surface area (Å²) in [5.74, 6) is 0. The van der Waals surface area contributed by atoms with E-state index in [4.69, 9.17) is 0 Å². The van der Waals surface area contributed by atoms with Crippen LogP contribution in [0, 0.1) is 0 Å². The lowest BCUT2D eigenvalue weighted by Gasteiger charge is -2.16. The van der Waals surface area contributed by atoms with Gasteiger partial charge in [0.25, 0.3) is 7.82 Å². The first-order chi connectivity index (χ1) is 15.5. The van der Waals surface area contributed by atoms with Gasteiger partial charge in [-0.3, -0.25) is 4.57 Å². The number of rotatable bonds is 20. The van der Waals surface area contributed by atoms with Crippen molar-refractivity contribution < 1.29 is 23.1 Å². The van der Waals surface area contributed by atoms with Gasteiger partial charge in [-0.05, 0) is 19.3 Å². The van der Waals surface area contributed by atoms with Gasteiger partial charge in [0, 0.05) is 14.2 Å². The number of aromatic nitrogens is 2. The van der Waals surface area contributed by atoms with Crippen molar-refractivity contribution in [2.75, 3.05) is 14.2 Å². The highest BCUT2D eigenvalue weighted by atomic mass is 31.2. The quantitative estimate of drug-likeness (QED) is 0.118. The fourth-order valence-electron chi connectivity index (χ4n) is 3.61. The summed E-state index contributed by atoms with van der Waals surface area (Å²) in [4.78, 5) is 9.95. The third-order valence-electron chi connectivity index (χ3n) is 5.73. The molecule has 6 nitrogen and oxygen atoms in total. The van der Waals surface area contributed by atoms with E-state index in [1.54, 1.807) is 0 Å². The molecule has 0 saturated heterocycles. The van der Waals surface area contributed by atoms with Gasteiger partial charge in [-0.1, -0.05) is 97.3 Å². The van der Waals surface area contributed by atoms with Gasteiger partial charge in [-0.2, -0.15) is 0 Å². The monoisotopic (exact) mass is 474 g/mol. The van der Waals surface area contributed by atoms with E-state index in [1.165, 1.54) is 116 Å². The third kappa shape index (κ3) is 20.0. The molecule has 0 amide bonds. The maximum atomic E-state index is 9.95. The van der Waals surface area contributed by atoms with Crippen molar-refractivity contribution in [2.24, 2.45) is 0 Å². The minimum Gasteiger partial charge on any atom is -0.756 e. The highest BCUT2D eigenvalue weighted by molar-refractivity contribution is 7.45. The summed E-state index contributed by atoms with van der Waals surface area (Å²) in [7, 11) is -1.83. The summed E-state index contributed by atoms with van der Waals surface area (Å²) < 4.78 is 22.4. The zero-order valence-electron chi connectivity index (χ0n) is 21.4. The molecule has 0 unspecified atom stereocenters. The van der Waals surface area contributed by atoms with Crippen molar-refractivity contribution in [2.45, 2.75) is 130 Å². The maximum absolute atomic E-state index is 9.95. The van der Waals surface area contributed by atoms with Gasteiger partial charge in [0.15, 0.2) is 0 Å². The summed E-state index contributed by atoms with van der Waals surface area (Å²) in [5.41, 5.74) is 0. The van der Waals surface area contributed by atoms with E-state index in [-0.39, 0.29) is 0 Å². The number of phosphoric ester groups is 1. The minimum atomic E-state index is -3.90. The Balaban J connectivity index is 0.00000118. The zero-order valence-corrected chi connectivity index (χ0v) is 22.3. The Morgan fingerprint density at radius 3 is 1.59 bits per heavy atom. The van der Waals surface area contributed by atoms with Crippen molar-refractivity contribution in [3.63, 3.8) is 0 Å². The van der Waals surface area contributed by atoms with Crippen LogP contribution in [0.15, 0.2) is 18.7 Å². The Morgan fingerprint density at radius 1 is 0.750 bits per heavy atom. The molecule has 0 aliphatic rings. The summed E-state index contributed by atoms with van der Waals surface area (Å²) in [6, 6.07) is 0. The third-order valence-corrected chi connectivity index (χ3v) is 6.63. The van der Waals surface area contributed by atoms with E-state index in [1.807, 2.05) is 0 Å². The predicted molar refractivity (Wildman–Crippen MR) is 131 cm³/mol. The molecule has 0 saturated carbocycles. The fraction of sp³-hybridized carbons (Fsp3) is 0.880. The standard InChI is InChI=1S/C23H45N2.C2H7O4P/c1-3-5-7-8-9-10-11-12-13-14-15-16-17-18-20-25-22-21-24(23-25)19-6-4-2;1-5-7(3,4)6-2/h21-23H,3-20H2,1-2H3;1-2H3,(H,3,4)/q+1;/p-1. The van der Waals surface area contributed by atoms with Crippen molar-refractivity contribution in [3.8, 4) is 0 Å². The lowest BCUT2D eigenvalue weighted by molar-refractivity contribution is -0.696. The van der Waals surface area contributed by atoms with Gasteiger partial charge < -0.3 is 13.9 Å². The average molecular weight is 475 g/mol. The van der Waals surface area contributed by atoms with E-state index < -0.39 is 7.82 Å². The van der Waals surface area contributed by atoms with Crippen molar-refractivity contribution in [1.29, 1.82) is 0 Å². The summed E-state index contributed by atoms with van der Waals surface area (Å²) in [6.07, 6.45) is 29.4. The van der Waals surface area contributed by atoms with Crippen LogP contribution in [0.4, 0.5) is 0 Å². The largest absolute Gasteiger partial charge is 0.756 e. The normalized spacial score (nSPS) is 11.4. The van der Waals surface area contributed by atoms with E-state index >= 15 is 0 Å². The van der Waals surface area contributed by atoms with Crippen molar-refractivity contribution >= 4 is 7.82 Å². The molecule has 0 aliphatic heterocycles. The van der Waals surface area contributed by atoms with E-state index in [2.05, 4.69) is 50.8 Å². The summed E-state index contributed by atoms with van der Waals surface area (Å²) >= 11 is 0. The molecule has 190 valence electrons. The highest BCUT2D eigenvalue weighted by Gasteiger charge is 2.02. The molecular formula is C25H51N2O4P. The molecule has 0 radical (unpaired) electrons. The van der Waals surface area contributed by atoms with Gasteiger partial charge in [-0.25, -0.2) is 9.13 Å². The second kappa shape index (κ2) is 22.1. The van der Waals surface area contributed by atoms with Gasteiger partial charge >= 0.3 is 0 Å². The molecule has 1 heterocycles. The van der Waals surface area contributed by atoms with Crippen LogP contribution in [0.1, 0.15) is 117 Å². The number of imidazole rings is 1. The molecule has 32 heavy (non-hydrogen) atoms. The van der Waals surface area contributed by atoms with Gasteiger partial charge in [-0.15, -0.1) is 0 Å². The number of unbranched alkanes of at least 4 members (excludes halogenated alkanes) is 14. The zero-order chi connectivity index (χ0) is 23.9. The van der Waals surface area contributed by atoms with Gasteiger partial charge in [0.2, 0.25) is 6.33 Å². The van der Waals surface area contributed by atoms with Crippen LogP contribution < -0.4 is 9.46 Å². The Morgan fingerprint density at radius 2 is 1.19 bits per heavy atom. The molecule has 0 fully saturated rings. The molecule has 0 bridgehead atoms. The summed E-state index contributed by atoms with van der Waals surface area (Å²) in [6.45, 7) is 6.91. The lowest BCUT2D eigenvalue weighted by atomic mass is 10.0. The predicted octanol–water partition coefficient (Wildman–Crippen LogP) is 6.80. The van der Waals surface area contributed by atoms with Crippen LogP contribution in [-0.2, 0) is 26.7 Å². The molecule has 0 aliphatic carbocycles. The molecule has 1 rings (SSSR count). The molecule has 1 aromatic rings. The SMILES string of the molecule is CCCCCCCCCCCCCCCC[n+]1ccn(CCCC)c1.COP(=O)([O-])OC. The molecule has 0 aromatic carbocycles. The van der Waals surface area contributed by atoms with Gasteiger partial charge in [0.05, 0.1) is 13.1 Å². The number of nitrogens with zero attached hydrogens (tertiary/aromatic N) is 2. The van der Waals surface area contributed by atoms with E-state index in [9.17, 15) is 9.46 Å². The second-order valence-electron chi connectivity index (χ2n) is 8.65. The molecule has 0 spiro atoms. The first-order valence-corrected chi connectivity index (χ1v) is 14.4. The number of hydrogen-bond acceptors (Lipinski definition) is 4. The first-order valence-electron chi connectivity index (χ1n) is 13.0. The van der Waals surface area contributed by atoms with Crippen molar-refractivity contribution in [1.82, 2.24) is 4.57 Å². The molecule has 0 N–H and O–H groups in total. The van der Waals surface area contributed by atoms with E-state index in [0.29, 0.717) is 0 Å². The first kappa shape index (κ1) is 31.3. The second-order valence-corrected chi connectivity index (χ2v) is 10.3. The highest BCUT2D eigenvalue weighted by Crippen LogP contribution is 2.34. The number of aryl methyl sites for hydroxylation is 2. The van der Waals surface area contributed by atoms with E-state index in [0.717, 1.165) is 14.2 Å². The molecule has 1 aromatic heterocycles.